The second kappa shape index (κ2) is 6.20. The van der Waals surface area contributed by atoms with E-state index in [2.05, 4.69) is 18.9 Å². The smallest absolute Gasteiger partial charge is 0.135 e. The molecule has 21 heavy (non-hydrogen) atoms. The lowest BCUT2D eigenvalue weighted by atomic mass is 9.86. The SMILES string of the molecule is CC1CCCC(N(C)CC(O)c2cc3ccccc3o2)C1. The summed E-state index contributed by atoms with van der Waals surface area (Å²) in [6.45, 7) is 2.97. The van der Waals surface area contributed by atoms with Gasteiger partial charge >= 0.3 is 0 Å². The predicted octanol–water partition coefficient (Wildman–Crippen LogP) is 3.98. The molecule has 0 aliphatic heterocycles. The molecule has 1 aliphatic rings. The Morgan fingerprint density at radius 1 is 1.33 bits per heavy atom. The van der Waals surface area contributed by atoms with Crippen LogP contribution in [0.2, 0.25) is 0 Å². The lowest BCUT2D eigenvalue weighted by molar-refractivity contribution is 0.0712. The Bertz CT molecular complexity index is 559. The Hall–Kier alpha value is -1.32. The van der Waals surface area contributed by atoms with Gasteiger partial charge in [0.15, 0.2) is 0 Å². The van der Waals surface area contributed by atoms with Gasteiger partial charge in [-0.3, -0.25) is 0 Å². The Balaban J connectivity index is 1.66. The second-order valence-electron chi connectivity index (χ2n) is 6.57. The number of hydrogen-bond acceptors (Lipinski definition) is 3. The van der Waals surface area contributed by atoms with Gasteiger partial charge in [0.2, 0.25) is 0 Å². The summed E-state index contributed by atoms with van der Waals surface area (Å²) in [5.41, 5.74) is 0.848. The standard InChI is InChI=1S/C18H25NO2/c1-13-6-5-8-15(10-13)19(2)12-16(20)18-11-14-7-3-4-9-17(14)21-18/h3-4,7,9,11,13,15-16,20H,5-6,8,10,12H2,1-2H3. The topological polar surface area (TPSA) is 36.6 Å². The third-order valence-electron chi connectivity index (χ3n) is 4.77. The Labute approximate surface area is 126 Å². The van der Waals surface area contributed by atoms with E-state index in [0.29, 0.717) is 18.3 Å². The lowest BCUT2D eigenvalue weighted by Crippen LogP contribution is -2.38. The summed E-state index contributed by atoms with van der Waals surface area (Å²) >= 11 is 0. The van der Waals surface area contributed by atoms with Gasteiger partial charge in [-0.25, -0.2) is 0 Å². The molecular weight excluding hydrogens is 262 g/mol. The van der Waals surface area contributed by atoms with Crippen LogP contribution >= 0.6 is 0 Å². The van der Waals surface area contributed by atoms with Crippen molar-refractivity contribution in [2.24, 2.45) is 5.92 Å². The van der Waals surface area contributed by atoms with Crippen LogP contribution in [0.1, 0.15) is 44.5 Å². The third kappa shape index (κ3) is 3.30. The number of para-hydroxylation sites is 1. The number of furan rings is 1. The number of benzene rings is 1. The fourth-order valence-electron chi connectivity index (χ4n) is 3.48. The van der Waals surface area contributed by atoms with Gasteiger partial charge in [-0.05, 0) is 37.9 Å². The van der Waals surface area contributed by atoms with Crippen LogP contribution in [0.3, 0.4) is 0 Å². The average molecular weight is 287 g/mol. The molecule has 2 aromatic rings. The summed E-state index contributed by atoms with van der Waals surface area (Å²) < 4.78 is 5.76. The summed E-state index contributed by atoms with van der Waals surface area (Å²) in [4.78, 5) is 2.30. The molecule has 3 nitrogen and oxygen atoms in total. The van der Waals surface area contributed by atoms with Crippen LogP contribution in [0.4, 0.5) is 0 Å². The van der Waals surface area contributed by atoms with E-state index in [1.54, 1.807) is 0 Å². The number of rotatable bonds is 4. The minimum atomic E-state index is -0.556. The van der Waals surface area contributed by atoms with Crippen LogP contribution in [0.15, 0.2) is 34.7 Å². The first-order valence-electron chi connectivity index (χ1n) is 8.00. The van der Waals surface area contributed by atoms with Crippen molar-refractivity contribution in [2.45, 2.75) is 44.8 Å². The molecule has 0 bridgehead atoms. The largest absolute Gasteiger partial charge is 0.458 e. The first-order valence-corrected chi connectivity index (χ1v) is 8.00. The van der Waals surface area contributed by atoms with E-state index in [1.165, 1.54) is 25.7 Å². The van der Waals surface area contributed by atoms with Crippen LogP contribution in [-0.2, 0) is 0 Å². The zero-order valence-corrected chi connectivity index (χ0v) is 13.0. The molecule has 3 heteroatoms. The van der Waals surface area contributed by atoms with Gasteiger partial charge in [0, 0.05) is 18.0 Å². The zero-order chi connectivity index (χ0) is 14.8. The van der Waals surface area contributed by atoms with E-state index >= 15 is 0 Å². The number of aliphatic hydroxyl groups is 1. The van der Waals surface area contributed by atoms with Crippen molar-refractivity contribution in [1.29, 1.82) is 0 Å². The predicted molar refractivity (Wildman–Crippen MR) is 85.2 cm³/mol. The van der Waals surface area contributed by atoms with Gasteiger partial charge < -0.3 is 14.4 Å². The van der Waals surface area contributed by atoms with Crippen molar-refractivity contribution in [3.63, 3.8) is 0 Å². The van der Waals surface area contributed by atoms with Crippen LogP contribution in [0.25, 0.3) is 11.0 Å². The molecule has 0 saturated heterocycles. The first kappa shape index (κ1) is 14.6. The van der Waals surface area contributed by atoms with Crippen molar-refractivity contribution < 1.29 is 9.52 Å². The Kier molecular flexibility index (Phi) is 4.32. The van der Waals surface area contributed by atoms with Crippen LogP contribution in [-0.4, -0.2) is 29.6 Å². The molecule has 1 saturated carbocycles. The number of fused-ring (bicyclic) bond motifs is 1. The minimum Gasteiger partial charge on any atom is -0.458 e. The molecule has 1 aromatic carbocycles. The molecule has 3 rings (SSSR count). The molecule has 1 aliphatic carbocycles. The first-order chi connectivity index (χ1) is 10.1. The Morgan fingerprint density at radius 2 is 2.14 bits per heavy atom. The zero-order valence-electron chi connectivity index (χ0n) is 13.0. The third-order valence-corrected chi connectivity index (χ3v) is 4.77. The summed E-state index contributed by atoms with van der Waals surface area (Å²) in [5, 5.41) is 11.5. The molecule has 3 unspecified atom stereocenters. The molecule has 1 N–H and O–H groups in total. The quantitative estimate of drug-likeness (QED) is 0.924. The summed E-state index contributed by atoms with van der Waals surface area (Å²) in [6, 6.07) is 10.4. The summed E-state index contributed by atoms with van der Waals surface area (Å²) in [6.07, 6.45) is 4.57. The van der Waals surface area contributed by atoms with Crippen LogP contribution in [0, 0.1) is 5.92 Å². The maximum Gasteiger partial charge on any atom is 0.135 e. The van der Waals surface area contributed by atoms with Crippen molar-refractivity contribution >= 4 is 11.0 Å². The summed E-state index contributed by atoms with van der Waals surface area (Å²) in [7, 11) is 2.12. The maximum atomic E-state index is 10.5. The molecule has 0 amide bonds. The van der Waals surface area contributed by atoms with Crippen molar-refractivity contribution in [3.8, 4) is 0 Å². The van der Waals surface area contributed by atoms with Crippen LogP contribution < -0.4 is 0 Å². The molecule has 1 heterocycles. The number of nitrogens with zero attached hydrogens (tertiary/aromatic N) is 1. The van der Waals surface area contributed by atoms with Crippen molar-refractivity contribution in [1.82, 2.24) is 4.90 Å². The molecule has 3 atom stereocenters. The number of likely N-dealkylation sites (N-methyl/N-ethyl adjacent to an activating group) is 1. The fourth-order valence-corrected chi connectivity index (χ4v) is 3.48. The van der Waals surface area contributed by atoms with Crippen molar-refractivity contribution in [2.75, 3.05) is 13.6 Å². The average Bonchev–Trinajstić information content (AvgIpc) is 2.91. The van der Waals surface area contributed by atoms with E-state index in [0.717, 1.165) is 16.9 Å². The van der Waals surface area contributed by atoms with E-state index in [9.17, 15) is 5.11 Å². The monoisotopic (exact) mass is 287 g/mol. The maximum absolute atomic E-state index is 10.5. The lowest BCUT2D eigenvalue weighted by Gasteiger charge is -2.34. The highest BCUT2D eigenvalue weighted by atomic mass is 16.4. The molecule has 1 fully saturated rings. The Morgan fingerprint density at radius 3 is 2.90 bits per heavy atom. The van der Waals surface area contributed by atoms with E-state index < -0.39 is 6.10 Å². The van der Waals surface area contributed by atoms with E-state index in [4.69, 9.17) is 4.42 Å². The van der Waals surface area contributed by atoms with E-state index in [-0.39, 0.29) is 0 Å². The van der Waals surface area contributed by atoms with Gasteiger partial charge in [0.25, 0.3) is 0 Å². The van der Waals surface area contributed by atoms with Gasteiger partial charge in [0.05, 0.1) is 0 Å². The highest BCUT2D eigenvalue weighted by Crippen LogP contribution is 2.29. The number of aliphatic hydroxyl groups excluding tert-OH is 1. The second-order valence-corrected chi connectivity index (χ2v) is 6.57. The highest BCUT2D eigenvalue weighted by molar-refractivity contribution is 5.77. The number of hydrogen-bond donors (Lipinski definition) is 1. The molecule has 1 aromatic heterocycles. The van der Waals surface area contributed by atoms with Crippen molar-refractivity contribution in [3.05, 3.63) is 36.1 Å². The van der Waals surface area contributed by atoms with Gasteiger partial charge in [-0.15, -0.1) is 0 Å². The molecule has 0 spiro atoms. The summed E-state index contributed by atoms with van der Waals surface area (Å²) in [5.74, 6) is 1.47. The fraction of sp³-hybridized carbons (Fsp3) is 0.556. The van der Waals surface area contributed by atoms with Gasteiger partial charge in [-0.2, -0.15) is 0 Å². The van der Waals surface area contributed by atoms with Crippen LogP contribution in [0.5, 0.6) is 0 Å². The highest BCUT2D eigenvalue weighted by Gasteiger charge is 2.25. The van der Waals surface area contributed by atoms with E-state index in [1.807, 2.05) is 30.3 Å². The van der Waals surface area contributed by atoms with Gasteiger partial charge in [-0.1, -0.05) is 38.0 Å². The molecular formula is C18H25NO2. The van der Waals surface area contributed by atoms with Gasteiger partial charge in [0.1, 0.15) is 17.4 Å². The molecule has 0 radical (unpaired) electrons. The normalized spacial score (nSPS) is 24.6. The molecule has 114 valence electrons. The minimum absolute atomic E-state index is 0.556.